The molecule has 2 aromatic rings. The third kappa shape index (κ3) is 4.86. The van der Waals surface area contributed by atoms with Gasteiger partial charge in [0.1, 0.15) is 5.75 Å². The van der Waals surface area contributed by atoms with Gasteiger partial charge in [-0.15, -0.1) is 0 Å². The van der Waals surface area contributed by atoms with Crippen LogP contribution in [0.3, 0.4) is 0 Å². The molecule has 0 bridgehead atoms. The van der Waals surface area contributed by atoms with Gasteiger partial charge in [-0.25, -0.2) is 0 Å². The van der Waals surface area contributed by atoms with Gasteiger partial charge in [0.2, 0.25) is 0 Å². The zero-order valence-electron chi connectivity index (χ0n) is 12.9. The van der Waals surface area contributed by atoms with Gasteiger partial charge in [-0.1, -0.05) is 11.6 Å². The Morgan fingerprint density at radius 3 is 2.09 bits per heavy atom. The summed E-state index contributed by atoms with van der Waals surface area (Å²) in [6.07, 6.45) is 0.971. The maximum Gasteiger partial charge on any atom is 0.193 e. The first-order valence-electron chi connectivity index (χ1n) is 7.24. The van der Waals surface area contributed by atoms with Crippen LogP contribution in [-0.2, 0) is 0 Å². The molecule has 0 saturated heterocycles. The number of benzene rings is 2. The fourth-order valence-corrected chi connectivity index (χ4v) is 2.17. The average molecular weight is 318 g/mol. The standard InChI is InChI=1S/C18H20ClNO2/c1-20(2)12-3-13-22-17-10-6-15(7-11-17)18(21)14-4-8-16(19)9-5-14/h4-11H,3,12-13H2,1-2H3. The van der Waals surface area contributed by atoms with Crippen LogP contribution in [0.2, 0.25) is 5.02 Å². The molecule has 2 aromatic carbocycles. The van der Waals surface area contributed by atoms with Crippen molar-refractivity contribution in [3.05, 3.63) is 64.7 Å². The summed E-state index contributed by atoms with van der Waals surface area (Å²) in [5, 5.41) is 0.623. The van der Waals surface area contributed by atoms with Crippen LogP contribution in [0.15, 0.2) is 48.5 Å². The molecule has 0 radical (unpaired) electrons. The molecule has 0 fully saturated rings. The Balaban J connectivity index is 1.93. The van der Waals surface area contributed by atoms with E-state index in [0.717, 1.165) is 18.7 Å². The molecule has 0 aliphatic rings. The second-order valence-corrected chi connectivity index (χ2v) is 5.80. The molecule has 0 saturated carbocycles. The summed E-state index contributed by atoms with van der Waals surface area (Å²) >= 11 is 5.83. The topological polar surface area (TPSA) is 29.5 Å². The first-order chi connectivity index (χ1) is 10.6. The lowest BCUT2D eigenvalue weighted by atomic mass is 10.0. The number of halogens is 1. The van der Waals surface area contributed by atoms with Gasteiger partial charge in [-0.3, -0.25) is 4.79 Å². The maximum atomic E-state index is 12.3. The predicted molar refractivity (Wildman–Crippen MR) is 90.0 cm³/mol. The molecule has 0 heterocycles. The lowest BCUT2D eigenvalue weighted by Gasteiger charge is -2.10. The maximum absolute atomic E-state index is 12.3. The molecule has 4 heteroatoms. The van der Waals surface area contributed by atoms with Crippen molar-refractivity contribution in [2.75, 3.05) is 27.2 Å². The lowest BCUT2D eigenvalue weighted by Crippen LogP contribution is -2.15. The molecule has 0 amide bonds. The van der Waals surface area contributed by atoms with Crippen LogP contribution in [0.1, 0.15) is 22.3 Å². The number of ketones is 1. The van der Waals surface area contributed by atoms with Crippen LogP contribution < -0.4 is 4.74 Å². The van der Waals surface area contributed by atoms with Gasteiger partial charge >= 0.3 is 0 Å². The van der Waals surface area contributed by atoms with Crippen molar-refractivity contribution in [1.29, 1.82) is 0 Å². The van der Waals surface area contributed by atoms with Crippen molar-refractivity contribution in [3.8, 4) is 5.75 Å². The molecular weight excluding hydrogens is 298 g/mol. The SMILES string of the molecule is CN(C)CCCOc1ccc(C(=O)c2ccc(Cl)cc2)cc1. The van der Waals surface area contributed by atoms with E-state index in [1.807, 2.05) is 26.2 Å². The molecule has 3 nitrogen and oxygen atoms in total. The highest BCUT2D eigenvalue weighted by atomic mass is 35.5. The van der Waals surface area contributed by atoms with Gasteiger partial charge in [0.25, 0.3) is 0 Å². The fourth-order valence-electron chi connectivity index (χ4n) is 2.04. The molecule has 0 aromatic heterocycles. The highest BCUT2D eigenvalue weighted by Crippen LogP contribution is 2.17. The Morgan fingerprint density at radius 1 is 1.00 bits per heavy atom. The summed E-state index contributed by atoms with van der Waals surface area (Å²) in [4.78, 5) is 14.4. The van der Waals surface area contributed by atoms with E-state index in [2.05, 4.69) is 4.90 Å². The molecule has 0 aliphatic carbocycles. The van der Waals surface area contributed by atoms with E-state index in [1.165, 1.54) is 0 Å². The number of hydrogen-bond acceptors (Lipinski definition) is 3. The summed E-state index contributed by atoms with van der Waals surface area (Å²) in [6.45, 7) is 1.66. The minimum Gasteiger partial charge on any atom is -0.494 e. The largest absolute Gasteiger partial charge is 0.494 e. The van der Waals surface area contributed by atoms with E-state index >= 15 is 0 Å². The van der Waals surface area contributed by atoms with E-state index in [1.54, 1.807) is 36.4 Å². The van der Waals surface area contributed by atoms with Crippen LogP contribution in [-0.4, -0.2) is 37.9 Å². The monoisotopic (exact) mass is 317 g/mol. The van der Waals surface area contributed by atoms with Crippen molar-refractivity contribution in [1.82, 2.24) is 4.90 Å². The normalized spacial score (nSPS) is 10.7. The summed E-state index contributed by atoms with van der Waals surface area (Å²) < 4.78 is 5.66. The first-order valence-corrected chi connectivity index (χ1v) is 7.62. The van der Waals surface area contributed by atoms with Gasteiger partial charge in [0.15, 0.2) is 5.78 Å². The van der Waals surface area contributed by atoms with Gasteiger partial charge in [-0.05, 0) is 69.0 Å². The highest BCUT2D eigenvalue weighted by Gasteiger charge is 2.08. The Hall–Kier alpha value is -1.84. The zero-order valence-corrected chi connectivity index (χ0v) is 13.6. The molecule has 2 rings (SSSR count). The average Bonchev–Trinajstić information content (AvgIpc) is 2.52. The predicted octanol–water partition coefficient (Wildman–Crippen LogP) is 3.90. The van der Waals surface area contributed by atoms with E-state index in [4.69, 9.17) is 16.3 Å². The van der Waals surface area contributed by atoms with Crippen LogP contribution in [0.4, 0.5) is 0 Å². The van der Waals surface area contributed by atoms with Crippen molar-refractivity contribution in [2.24, 2.45) is 0 Å². The van der Waals surface area contributed by atoms with E-state index in [-0.39, 0.29) is 5.78 Å². The second kappa shape index (κ2) is 7.97. The van der Waals surface area contributed by atoms with Gasteiger partial charge < -0.3 is 9.64 Å². The molecule has 0 N–H and O–H groups in total. The second-order valence-electron chi connectivity index (χ2n) is 5.37. The number of nitrogens with zero attached hydrogens (tertiary/aromatic N) is 1. The summed E-state index contributed by atoms with van der Waals surface area (Å²) in [5.41, 5.74) is 1.27. The van der Waals surface area contributed by atoms with Crippen molar-refractivity contribution < 1.29 is 9.53 Å². The Kier molecular flexibility index (Phi) is 5.99. The van der Waals surface area contributed by atoms with Crippen molar-refractivity contribution in [3.63, 3.8) is 0 Å². The minimum atomic E-state index is -0.0178. The van der Waals surface area contributed by atoms with E-state index < -0.39 is 0 Å². The number of carbonyl (C=O) groups excluding carboxylic acids is 1. The number of hydrogen-bond donors (Lipinski definition) is 0. The molecule has 0 spiro atoms. The highest BCUT2D eigenvalue weighted by molar-refractivity contribution is 6.30. The zero-order chi connectivity index (χ0) is 15.9. The summed E-state index contributed by atoms with van der Waals surface area (Å²) in [7, 11) is 4.08. The van der Waals surface area contributed by atoms with Crippen LogP contribution in [0, 0.1) is 0 Å². The molecule has 0 aliphatic heterocycles. The quantitative estimate of drug-likeness (QED) is 0.573. The Labute approximate surface area is 136 Å². The molecule has 0 unspecified atom stereocenters. The van der Waals surface area contributed by atoms with Crippen LogP contribution in [0.25, 0.3) is 0 Å². The van der Waals surface area contributed by atoms with Crippen molar-refractivity contribution in [2.45, 2.75) is 6.42 Å². The summed E-state index contributed by atoms with van der Waals surface area (Å²) in [5.74, 6) is 0.766. The molecule has 0 atom stereocenters. The number of rotatable bonds is 7. The minimum absolute atomic E-state index is 0.0178. The first kappa shape index (κ1) is 16.5. The Bertz CT molecular complexity index is 606. The van der Waals surface area contributed by atoms with Crippen molar-refractivity contribution >= 4 is 17.4 Å². The third-order valence-corrected chi connectivity index (χ3v) is 3.49. The number of ether oxygens (including phenoxy) is 1. The molecule has 116 valence electrons. The number of carbonyl (C=O) groups is 1. The van der Waals surface area contributed by atoms with Gasteiger partial charge in [-0.2, -0.15) is 0 Å². The molecular formula is C18H20ClNO2. The van der Waals surface area contributed by atoms with E-state index in [9.17, 15) is 4.79 Å². The van der Waals surface area contributed by atoms with Crippen LogP contribution >= 0.6 is 11.6 Å². The van der Waals surface area contributed by atoms with Gasteiger partial charge in [0.05, 0.1) is 6.61 Å². The summed E-state index contributed by atoms with van der Waals surface area (Å²) in [6, 6.07) is 14.1. The lowest BCUT2D eigenvalue weighted by molar-refractivity contribution is 0.103. The smallest absolute Gasteiger partial charge is 0.193 e. The Morgan fingerprint density at radius 2 is 1.55 bits per heavy atom. The van der Waals surface area contributed by atoms with Gasteiger partial charge in [0, 0.05) is 22.7 Å². The van der Waals surface area contributed by atoms with E-state index in [0.29, 0.717) is 22.8 Å². The van der Waals surface area contributed by atoms with Crippen LogP contribution in [0.5, 0.6) is 5.75 Å². The molecule has 22 heavy (non-hydrogen) atoms. The fraction of sp³-hybridized carbons (Fsp3) is 0.278. The third-order valence-electron chi connectivity index (χ3n) is 3.24.